The van der Waals surface area contributed by atoms with E-state index in [-0.39, 0.29) is 0 Å². The van der Waals surface area contributed by atoms with Gasteiger partial charge in [0.05, 0.1) is 12.2 Å². The van der Waals surface area contributed by atoms with Gasteiger partial charge in [-0.05, 0) is 50.2 Å². The van der Waals surface area contributed by atoms with Crippen molar-refractivity contribution in [3.05, 3.63) is 60.9 Å². The summed E-state index contributed by atoms with van der Waals surface area (Å²) in [5.74, 6) is 1.67. The summed E-state index contributed by atoms with van der Waals surface area (Å²) in [6.45, 7) is 0.494. The molecule has 87 valence electrons. The molecule has 0 saturated heterocycles. The Balaban J connectivity index is 1.97. The highest BCUT2D eigenvalue weighted by atomic mass is 16.5. The Kier molecular flexibility index (Phi) is 4.20. The maximum Gasteiger partial charge on any atom is 0.138 e. The van der Waals surface area contributed by atoms with Crippen molar-refractivity contribution in [3.63, 3.8) is 0 Å². The van der Waals surface area contributed by atoms with Crippen molar-refractivity contribution in [1.29, 1.82) is 10.5 Å². The van der Waals surface area contributed by atoms with Crippen LogP contribution in [0.4, 0.5) is 0 Å². The summed E-state index contributed by atoms with van der Waals surface area (Å²) in [6, 6.07) is 9.05. The average Bonchev–Trinajstić information content (AvgIpc) is 2.91. The standard InChI is InChI=1S/C15H11N2O/c16-10-13-6-3-7-15(14(13)11-17)18-9-8-12-4-1-2-5-12/h1-7H,8-9H2. The molecule has 0 bridgehead atoms. The molecule has 3 heteroatoms. The SMILES string of the molecule is N#Cc1cccc(OCC[C]2[CH][CH][CH][CH]2)c1C#N. The van der Waals surface area contributed by atoms with Gasteiger partial charge in [0.1, 0.15) is 23.5 Å². The van der Waals surface area contributed by atoms with Gasteiger partial charge >= 0.3 is 0 Å². The van der Waals surface area contributed by atoms with Crippen LogP contribution in [-0.4, -0.2) is 6.61 Å². The highest BCUT2D eigenvalue weighted by Crippen LogP contribution is 2.27. The molecule has 3 nitrogen and oxygen atoms in total. The molecule has 5 radical (unpaired) electrons. The molecular formula is C15H11N2O. The fourth-order valence-electron chi connectivity index (χ4n) is 1.72. The lowest BCUT2D eigenvalue weighted by atomic mass is 10.1. The van der Waals surface area contributed by atoms with Gasteiger partial charge in [0.2, 0.25) is 0 Å². The number of rotatable bonds is 4. The molecule has 1 aliphatic carbocycles. The summed E-state index contributed by atoms with van der Waals surface area (Å²) < 4.78 is 5.57. The lowest BCUT2D eigenvalue weighted by Gasteiger charge is -2.11. The van der Waals surface area contributed by atoms with E-state index in [1.807, 2.05) is 37.8 Å². The van der Waals surface area contributed by atoms with Gasteiger partial charge in [-0.1, -0.05) is 6.07 Å². The summed E-state index contributed by atoms with van der Waals surface area (Å²) in [5, 5.41) is 17.9. The summed E-state index contributed by atoms with van der Waals surface area (Å²) in [5.41, 5.74) is 0.658. The molecule has 0 aromatic heterocycles. The third kappa shape index (κ3) is 2.81. The van der Waals surface area contributed by atoms with E-state index in [2.05, 4.69) is 0 Å². The van der Waals surface area contributed by atoms with Gasteiger partial charge in [-0.3, -0.25) is 0 Å². The minimum atomic E-state index is 0.308. The molecule has 1 aromatic rings. The maximum atomic E-state index is 9.03. The van der Waals surface area contributed by atoms with Crippen LogP contribution in [0.5, 0.6) is 5.75 Å². The van der Waals surface area contributed by atoms with E-state index < -0.39 is 0 Å². The van der Waals surface area contributed by atoms with Crippen molar-refractivity contribution in [2.75, 3.05) is 6.61 Å². The zero-order valence-electron chi connectivity index (χ0n) is 9.76. The van der Waals surface area contributed by atoms with Crippen molar-refractivity contribution >= 4 is 0 Å². The molecule has 1 aliphatic rings. The predicted octanol–water partition coefficient (Wildman–Crippen LogP) is 2.60. The first-order valence-electron chi connectivity index (χ1n) is 5.61. The third-order valence-electron chi connectivity index (χ3n) is 2.64. The van der Waals surface area contributed by atoms with E-state index in [9.17, 15) is 0 Å². The smallest absolute Gasteiger partial charge is 0.138 e. The largest absolute Gasteiger partial charge is 0.492 e. The highest BCUT2D eigenvalue weighted by Gasteiger charge is 2.17. The number of benzene rings is 1. The second kappa shape index (κ2) is 6.07. The van der Waals surface area contributed by atoms with E-state index in [1.165, 1.54) is 5.92 Å². The highest BCUT2D eigenvalue weighted by molar-refractivity contribution is 5.53. The van der Waals surface area contributed by atoms with Crippen LogP contribution in [0.15, 0.2) is 18.2 Å². The minimum absolute atomic E-state index is 0.308. The number of nitrogens with zero attached hydrogens (tertiary/aromatic N) is 2. The average molecular weight is 235 g/mol. The number of nitriles is 2. The van der Waals surface area contributed by atoms with Gasteiger partial charge in [-0.2, -0.15) is 10.5 Å². The first-order chi connectivity index (χ1) is 8.85. The van der Waals surface area contributed by atoms with Crippen LogP contribution >= 0.6 is 0 Å². The molecule has 0 heterocycles. The van der Waals surface area contributed by atoms with Gasteiger partial charge in [0.15, 0.2) is 0 Å². The van der Waals surface area contributed by atoms with Gasteiger partial charge in [0, 0.05) is 0 Å². The van der Waals surface area contributed by atoms with Gasteiger partial charge < -0.3 is 4.74 Å². The Morgan fingerprint density at radius 1 is 1.06 bits per heavy atom. The Bertz CT molecular complexity index is 490. The van der Waals surface area contributed by atoms with Crippen molar-refractivity contribution in [2.45, 2.75) is 6.42 Å². The quantitative estimate of drug-likeness (QED) is 0.806. The number of hydrogen-bond donors (Lipinski definition) is 0. The van der Waals surface area contributed by atoms with Crippen LogP contribution < -0.4 is 4.74 Å². The molecule has 0 unspecified atom stereocenters. The molecule has 0 N–H and O–H groups in total. The van der Waals surface area contributed by atoms with E-state index in [1.54, 1.807) is 18.2 Å². The van der Waals surface area contributed by atoms with E-state index in [4.69, 9.17) is 15.3 Å². The van der Waals surface area contributed by atoms with Gasteiger partial charge in [0.25, 0.3) is 0 Å². The molecule has 1 fully saturated rings. The summed E-state index contributed by atoms with van der Waals surface area (Å²) in [7, 11) is 0. The molecule has 0 spiro atoms. The van der Waals surface area contributed by atoms with Crippen molar-refractivity contribution in [2.24, 2.45) is 0 Å². The molecule has 0 atom stereocenters. The van der Waals surface area contributed by atoms with Crippen molar-refractivity contribution < 1.29 is 4.74 Å². The lowest BCUT2D eigenvalue weighted by Crippen LogP contribution is -2.04. The number of ether oxygens (including phenoxy) is 1. The van der Waals surface area contributed by atoms with Crippen molar-refractivity contribution in [3.8, 4) is 17.9 Å². The molecular weight excluding hydrogens is 224 g/mol. The second-order valence-electron chi connectivity index (χ2n) is 3.79. The Morgan fingerprint density at radius 2 is 1.83 bits per heavy atom. The van der Waals surface area contributed by atoms with E-state index >= 15 is 0 Å². The summed E-state index contributed by atoms with van der Waals surface area (Å²) in [4.78, 5) is 0. The third-order valence-corrected chi connectivity index (χ3v) is 2.64. The first-order valence-corrected chi connectivity index (χ1v) is 5.61. The molecule has 2 rings (SSSR count). The van der Waals surface area contributed by atoms with E-state index in [0.29, 0.717) is 23.5 Å². The van der Waals surface area contributed by atoms with Crippen LogP contribution in [0.1, 0.15) is 17.5 Å². The first kappa shape index (κ1) is 12.5. The van der Waals surface area contributed by atoms with Crippen LogP contribution in [0.2, 0.25) is 0 Å². The Hall–Kier alpha value is -2.00. The zero-order chi connectivity index (χ0) is 12.8. The van der Waals surface area contributed by atoms with E-state index in [0.717, 1.165) is 6.42 Å². The normalized spacial score (nSPS) is 15.0. The van der Waals surface area contributed by atoms with Crippen molar-refractivity contribution in [1.82, 2.24) is 0 Å². The van der Waals surface area contributed by atoms with Gasteiger partial charge in [-0.25, -0.2) is 0 Å². The molecule has 0 aliphatic heterocycles. The summed E-state index contributed by atoms with van der Waals surface area (Å²) in [6.07, 6.45) is 8.80. The second-order valence-corrected chi connectivity index (χ2v) is 3.79. The molecule has 0 amide bonds. The maximum absolute atomic E-state index is 9.03. The van der Waals surface area contributed by atoms with Crippen LogP contribution in [-0.2, 0) is 0 Å². The predicted molar refractivity (Wildman–Crippen MR) is 66.4 cm³/mol. The summed E-state index contributed by atoms with van der Waals surface area (Å²) >= 11 is 0. The van der Waals surface area contributed by atoms with Crippen LogP contribution in [0.3, 0.4) is 0 Å². The fraction of sp³-hybridized carbons (Fsp3) is 0.133. The minimum Gasteiger partial charge on any atom is -0.492 e. The fourth-order valence-corrected chi connectivity index (χ4v) is 1.72. The molecule has 1 aromatic carbocycles. The Morgan fingerprint density at radius 3 is 2.50 bits per heavy atom. The topological polar surface area (TPSA) is 56.8 Å². The van der Waals surface area contributed by atoms with Gasteiger partial charge in [-0.15, -0.1) is 0 Å². The molecule has 18 heavy (non-hydrogen) atoms. The van der Waals surface area contributed by atoms with Crippen LogP contribution in [0, 0.1) is 54.3 Å². The monoisotopic (exact) mass is 235 g/mol. The van der Waals surface area contributed by atoms with Crippen LogP contribution in [0.25, 0.3) is 0 Å². The molecule has 1 saturated carbocycles. The lowest BCUT2D eigenvalue weighted by molar-refractivity contribution is 0.316. The number of hydrogen-bond acceptors (Lipinski definition) is 3. The zero-order valence-corrected chi connectivity index (χ0v) is 9.76. The Labute approximate surface area is 108 Å².